The van der Waals surface area contributed by atoms with Crippen molar-refractivity contribution in [2.24, 2.45) is 0 Å². The molecule has 0 aromatic heterocycles. The standard InChI is InChI=1S/C26H23FN2O3S/c1-2-31-25(30)22-23(17-8-4-3-5-9-17)28-26(33)29-24(22)18-12-14-20(15-13-18)32-16-19-10-6-7-11-21(19)27/h3-15,24H,2,16H2,1H3,(H2,28,29,33). The van der Waals surface area contributed by atoms with Gasteiger partial charge in [-0.15, -0.1) is 0 Å². The molecule has 0 aliphatic carbocycles. The van der Waals surface area contributed by atoms with Gasteiger partial charge in [-0.25, -0.2) is 9.18 Å². The van der Waals surface area contributed by atoms with Crippen LogP contribution < -0.4 is 15.4 Å². The average Bonchev–Trinajstić information content (AvgIpc) is 2.84. The highest BCUT2D eigenvalue weighted by atomic mass is 32.1. The maximum absolute atomic E-state index is 13.8. The van der Waals surface area contributed by atoms with E-state index < -0.39 is 12.0 Å². The third-order valence-electron chi connectivity index (χ3n) is 5.20. The third-order valence-corrected chi connectivity index (χ3v) is 5.42. The highest BCUT2D eigenvalue weighted by Crippen LogP contribution is 2.32. The Kier molecular flexibility index (Phi) is 7.00. The monoisotopic (exact) mass is 462 g/mol. The molecular formula is C26H23FN2O3S. The van der Waals surface area contributed by atoms with Crippen LogP contribution in [0, 0.1) is 5.82 Å². The molecule has 1 aliphatic heterocycles. The Bertz CT molecular complexity index is 1180. The summed E-state index contributed by atoms with van der Waals surface area (Å²) in [5.41, 5.74) is 3.18. The molecule has 0 amide bonds. The van der Waals surface area contributed by atoms with Crippen molar-refractivity contribution in [2.45, 2.75) is 19.6 Å². The molecule has 2 N–H and O–H groups in total. The van der Waals surface area contributed by atoms with E-state index in [9.17, 15) is 9.18 Å². The molecule has 168 valence electrons. The van der Waals surface area contributed by atoms with Gasteiger partial charge in [0.05, 0.1) is 23.9 Å². The Labute approximate surface area is 197 Å². The zero-order valence-electron chi connectivity index (χ0n) is 18.0. The summed E-state index contributed by atoms with van der Waals surface area (Å²) in [5.74, 6) is -0.147. The second kappa shape index (κ2) is 10.3. The maximum atomic E-state index is 13.8. The third kappa shape index (κ3) is 5.21. The molecular weight excluding hydrogens is 439 g/mol. The van der Waals surface area contributed by atoms with Crippen LogP contribution in [0.3, 0.4) is 0 Å². The molecule has 0 spiro atoms. The van der Waals surface area contributed by atoms with Crippen LogP contribution in [0.2, 0.25) is 0 Å². The van der Waals surface area contributed by atoms with Crippen molar-refractivity contribution in [1.82, 2.24) is 10.6 Å². The molecule has 1 atom stereocenters. The number of hydrogen-bond donors (Lipinski definition) is 2. The molecule has 0 saturated carbocycles. The number of halogens is 1. The summed E-state index contributed by atoms with van der Waals surface area (Å²) in [4.78, 5) is 13.0. The first kappa shape index (κ1) is 22.5. The Morgan fingerprint density at radius 3 is 2.39 bits per heavy atom. The van der Waals surface area contributed by atoms with E-state index in [0.717, 1.165) is 11.1 Å². The summed E-state index contributed by atoms with van der Waals surface area (Å²) < 4.78 is 24.9. The van der Waals surface area contributed by atoms with Gasteiger partial charge in [-0.1, -0.05) is 60.7 Å². The minimum atomic E-state index is -0.506. The van der Waals surface area contributed by atoms with Crippen LogP contribution in [0.1, 0.15) is 29.7 Å². The van der Waals surface area contributed by atoms with E-state index in [4.69, 9.17) is 21.7 Å². The number of benzene rings is 3. The smallest absolute Gasteiger partial charge is 0.338 e. The predicted octanol–water partition coefficient (Wildman–Crippen LogP) is 4.90. The number of esters is 1. The number of rotatable bonds is 7. The lowest BCUT2D eigenvalue weighted by Crippen LogP contribution is -2.45. The van der Waals surface area contributed by atoms with Gasteiger partial charge in [0, 0.05) is 5.56 Å². The van der Waals surface area contributed by atoms with E-state index in [0.29, 0.717) is 27.7 Å². The molecule has 0 fully saturated rings. The first-order chi connectivity index (χ1) is 16.1. The Morgan fingerprint density at radius 2 is 1.70 bits per heavy atom. The van der Waals surface area contributed by atoms with E-state index in [1.165, 1.54) is 6.07 Å². The molecule has 33 heavy (non-hydrogen) atoms. The van der Waals surface area contributed by atoms with Gasteiger partial charge < -0.3 is 20.1 Å². The van der Waals surface area contributed by atoms with Crippen molar-refractivity contribution in [3.8, 4) is 5.75 Å². The van der Waals surface area contributed by atoms with Gasteiger partial charge in [0.25, 0.3) is 0 Å². The first-order valence-corrected chi connectivity index (χ1v) is 11.0. The van der Waals surface area contributed by atoms with Crippen molar-refractivity contribution < 1.29 is 18.7 Å². The van der Waals surface area contributed by atoms with Gasteiger partial charge in [0.15, 0.2) is 5.11 Å². The minimum absolute atomic E-state index is 0.119. The quantitative estimate of drug-likeness (QED) is 0.385. The summed E-state index contributed by atoms with van der Waals surface area (Å²) in [7, 11) is 0. The second-order valence-corrected chi connectivity index (χ2v) is 7.76. The number of nitrogens with one attached hydrogen (secondary N) is 2. The number of carbonyl (C=O) groups is 1. The topological polar surface area (TPSA) is 59.6 Å². The lowest BCUT2D eigenvalue weighted by Gasteiger charge is -2.31. The Hall–Kier alpha value is -3.71. The van der Waals surface area contributed by atoms with Crippen LogP contribution in [0.4, 0.5) is 4.39 Å². The summed E-state index contributed by atoms with van der Waals surface area (Å²) in [5, 5.41) is 6.70. The predicted molar refractivity (Wildman–Crippen MR) is 129 cm³/mol. The zero-order chi connectivity index (χ0) is 23.2. The number of thiocarbonyl (C=S) groups is 1. The molecule has 1 heterocycles. The highest BCUT2D eigenvalue weighted by molar-refractivity contribution is 7.80. The van der Waals surface area contributed by atoms with Gasteiger partial charge in [0.2, 0.25) is 0 Å². The van der Waals surface area contributed by atoms with Crippen molar-refractivity contribution in [1.29, 1.82) is 0 Å². The average molecular weight is 463 g/mol. The molecule has 5 nitrogen and oxygen atoms in total. The fourth-order valence-electron chi connectivity index (χ4n) is 3.61. The molecule has 0 radical (unpaired) electrons. The number of carbonyl (C=O) groups excluding carboxylic acids is 1. The lowest BCUT2D eigenvalue weighted by atomic mass is 9.93. The molecule has 0 saturated heterocycles. The molecule has 4 rings (SSSR count). The van der Waals surface area contributed by atoms with Crippen LogP contribution in [-0.2, 0) is 16.1 Å². The van der Waals surface area contributed by atoms with Crippen molar-refractivity contribution in [3.05, 3.63) is 107 Å². The molecule has 0 bridgehead atoms. The minimum Gasteiger partial charge on any atom is -0.489 e. The van der Waals surface area contributed by atoms with Crippen LogP contribution in [0.15, 0.2) is 84.4 Å². The van der Waals surface area contributed by atoms with E-state index in [-0.39, 0.29) is 19.0 Å². The van der Waals surface area contributed by atoms with Gasteiger partial charge in [-0.3, -0.25) is 0 Å². The molecule has 7 heteroatoms. The van der Waals surface area contributed by atoms with Gasteiger partial charge in [-0.2, -0.15) is 0 Å². The number of ether oxygens (including phenoxy) is 2. The fourth-order valence-corrected chi connectivity index (χ4v) is 3.83. The fraction of sp³-hybridized carbons (Fsp3) is 0.154. The van der Waals surface area contributed by atoms with Gasteiger partial charge >= 0.3 is 5.97 Å². The van der Waals surface area contributed by atoms with Gasteiger partial charge in [0.1, 0.15) is 18.2 Å². The van der Waals surface area contributed by atoms with Crippen LogP contribution >= 0.6 is 12.2 Å². The Balaban J connectivity index is 1.63. The van der Waals surface area contributed by atoms with Crippen LogP contribution in [-0.4, -0.2) is 17.7 Å². The summed E-state index contributed by atoms with van der Waals surface area (Å²) in [6, 6.07) is 22.8. The first-order valence-electron chi connectivity index (χ1n) is 10.6. The Morgan fingerprint density at radius 1 is 1.00 bits per heavy atom. The molecule has 3 aromatic rings. The highest BCUT2D eigenvalue weighted by Gasteiger charge is 2.33. The van der Waals surface area contributed by atoms with Crippen molar-refractivity contribution in [2.75, 3.05) is 6.61 Å². The maximum Gasteiger partial charge on any atom is 0.338 e. The van der Waals surface area contributed by atoms with Crippen LogP contribution in [0.5, 0.6) is 5.75 Å². The van der Waals surface area contributed by atoms with Crippen LogP contribution in [0.25, 0.3) is 5.70 Å². The SMILES string of the molecule is CCOC(=O)C1=C(c2ccccc2)NC(=S)NC1c1ccc(OCc2ccccc2F)cc1. The number of hydrogen-bond acceptors (Lipinski definition) is 4. The largest absolute Gasteiger partial charge is 0.489 e. The lowest BCUT2D eigenvalue weighted by molar-refractivity contribution is -0.138. The zero-order valence-corrected chi connectivity index (χ0v) is 18.8. The van der Waals surface area contributed by atoms with Crippen molar-refractivity contribution >= 4 is 29.0 Å². The second-order valence-electron chi connectivity index (χ2n) is 7.36. The van der Waals surface area contributed by atoms with E-state index in [1.807, 2.05) is 42.5 Å². The van der Waals surface area contributed by atoms with Crippen molar-refractivity contribution in [3.63, 3.8) is 0 Å². The normalized spacial score (nSPS) is 15.5. The van der Waals surface area contributed by atoms with Gasteiger partial charge in [-0.05, 0) is 48.5 Å². The van der Waals surface area contributed by atoms with E-state index in [1.54, 1.807) is 37.3 Å². The summed E-state index contributed by atoms with van der Waals surface area (Å²) >= 11 is 5.43. The molecule has 1 aliphatic rings. The summed E-state index contributed by atoms with van der Waals surface area (Å²) in [6.45, 7) is 2.14. The summed E-state index contributed by atoms with van der Waals surface area (Å²) in [6.07, 6.45) is 0. The molecule has 3 aromatic carbocycles. The van der Waals surface area contributed by atoms with E-state index in [2.05, 4.69) is 10.6 Å². The molecule has 1 unspecified atom stereocenters. The van der Waals surface area contributed by atoms with E-state index >= 15 is 0 Å².